The number of rotatable bonds is 18. The van der Waals surface area contributed by atoms with Crippen LogP contribution in [0.4, 0.5) is 17.1 Å². The van der Waals surface area contributed by atoms with Crippen LogP contribution in [0.15, 0.2) is 60.7 Å². The highest BCUT2D eigenvalue weighted by atomic mass is 16.5. The Bertz CT molecular complexity index is 1160. The average Bonchev–Trinajstić information content (AvgIpc) is 2.99. The third-order valence-corrected chi connectivity index (χ3v) is 8.93. The van der Waals surface area contributed by atoms with Gasteiger partial charge in [-0.1, -0.05) is 141 Å². The Labute approximate surface area is 249 Å². The van der Waals surface area contributed by atoms with Crippen LogP contribution in [0.2, 0.25) is 0 Å². The molecule has 3 aromatic carbocycles. The maximum Gasteiger partial charge on any atom is 0.155 e. The van der Waals surface area contributed by atoms with Crippen LogP contribution in [0.5, 0.6) is 23.0 Å². The van der Waals surface area contributed by atoms with Gasteiger partial charge in [-0.2, -0.15) is 0 Å². The summed E-state index contributed by atoms with van der Waals surface area (Å²) in [7, 11) is 0. The zero-order valence-corrected chi connectivity index (χ0v) is 25.6. The van der Waals surface area contributed by atoms with Crippen molar-refractivity contribution in [3.63, 3.8) is 0 Å². The van der Waals surface area contributed by atoms with Gasteiger partial charge in [0.15, 0.2) is 23.0 Å². The number of para-hydroxylation sites is 4. The highest BCUT2D eigenvalue weighted by Crippen LogP contribution is 2.59. The molecule has 2 heterocycles. The van der Waals surface area contributed by atoms with Crippen molar-refractivity contribution in [3.8, 4) is 23.0 Å². The minimum atomic E-state index is 0.717. The summed E-state index contributed by atoms with van der Waals surface area (Å²) in [6, 6.07) is 21.3. The number of benzene rings is 3. The minimum absolute atomic E-state index is 0.717. The highest BCUT2D eigenvalue weighted by Gasteiger charge is 2.34. The topological polar surface area (TPSA) is 21.7 Å². The smallest absolute Gasteiger partial charge is 0.155 e. The van der Waals surface area contributed by atoms with Crippen molar-refractivity contribution >= 4 is 17.1 Å². The predicted octanol–water partition coefficient (Wildman–Crippen LogP) is 12.8. The molecule has 1 unspecified atom stereocenters. The van der Waals surface area contributed by atoms with Crippen molar-refractivity contribution in [2.24, 2.45) is 5.92 Å². The van der Waals surface area contributed by atoms with Gasteiger partial charge in [-0.25, -0.2) is 0 Å². The summed E-state index contributed by atoms with van der Waals surface area (Å²) < 4.78 is 13.1. The summed E-state index contributed by atoms with van der Waals surface area (Å²) in [4.78, 5) is 2.32. The van der Waals surface area contributed by atoms with E-state index in [1.165, 1.54) is 108 Å². The molecule has 3 aromatic rings. The van der Waals surface area contributed by atoms with Gasteiger partial charge in [-0.3, -0.25) is 4.90 Å². The average molecular weight is 554 g/mol. The molecule has 0 N–H and O–H groups in total. The van der Waals surface area contributed by atoms with Crippen molar-refractivity contribution < 1.29 is 9.47 Å². The van der Waals surface area contributed by atoms with Crippen molar-refractivity contribution in [2.45, 2.75) is 123 Å². The molecule has 2 aliphatic rings. The Morgan fingerprint density at radius 2 is 0.976 bits per heavy atom. The quantitative estimate of drug-likeness (QED) is 0.101. The van der Waals surface area contributed by atoms with E-state index in [4.69, 9.17) is 9.47 Å². The lowest BCUT2D eigenvalue weighted by molar-refractivity contribution is 0.397. The first-order valence-corrected chi connectivity index (χ1v) is 16.8. The van der Waals surface area contributed by atoms with Gasteiger partial charge < -0.3 is 9.47 Å². The van der Waals surface area contributed by atoms with Crippen LogP contribution in [0.25, 0.3) is 0 Å². The van der Waals surface area contributed by atoms with Gasteiger partial charge in [0, 0.05) is 0 Å². The molecule has 5 rings (SSSR count). The molecule has 0 spiro atoms. The number of hydrogen-bond acceptors (Lipinski definition) is 3. The van der Waals surface area contributed by atoms with E-state index >= 15 is 0 Å². The first kappa shape index (κ1) is 29.5. The number of anilines is 3. The Kier molecular flexibility index (Phi) is 11.1. The van der Waals surface area contributed by atoms with Crippen LogP contribution < -0.4 is 14.4 Å². The largest absolute Gasteiger partial charge is 0.453 e. The lowest BCUT2D eigenvalue weighted by Crippen LogP contribution is -2.20. The molecule has 0 aromatic heterocycles. The SMILES string of the molecule is CCCCCCCCCCC(CCCCCCCC)Cc1cc2c3c(c1)Oc1ccccc1N3c1ccccc1O2. The van der Waals surface area contributed by atoms with E-state index in [0.717, 1.165) is 52.4 Å². The first-order valence-electron chi connectivity index (χ1n) is 16.8. The molecule has 0 amide bonds. The maximum atomic E-state index is 6.53. The fraction of sp³-hybridized carbons (Fsp3) is 0.526. The van der Waals surface area contributed by atoms with Crippen LogP contribution in [0.3, 0.4) is 0 Å². The van der Waals surface area contributed by atoms with Crippen LogP contribution >= 0.6 is 0 Å². The molecule has 0 saturated heterocycles. The second-order valence-electron chi connectivity index (χ2n) is 12.3. The third kappa shape index (κ3) is 7.67. The number of ether oxygens (including phenoxy) is 2. The summed E-state index contributed by atoms with van der Waals surface area (Å²) >= 11 is 0. The summed E-state index contributed by atoms with van der Waals surface area (Å²) in [5, 5.41) is 0. The second-order valence-corrected chi connectivity index (χ2v) is 12.3. The summed E-state index contributed by atoms with van der Waals surface area (Å²) in [5.74, 6) is 4.35. The van der Waals surface area contributed by atoms with Gasteiger partial charge >= 0.3 is 0 Å². The molecule has 0 aliphatic carbocycles. The van der Waals surface area contributed by atoms with E-state index in [1.807, 2.05) is 0 Å². The molecular weight excluding hydrogens is 502 g/mol. The monoisotopic (exact) mass is 553 g/mol. The fourth-order valence-electron chi connectivity index (χ4n) is 6.66. The van der Waals surface area contributed by atoms with Gasteiger partial charge in [0.1, 0.15) is 5.69 Å². The van der Waals surface area contributed by atoms with Crippen molar-refractivity contribution in [1.82, 2.24) is 0 Å². The van der Waals surface area contributed by atoms with Gasteiger partial charge in [-0.15, -0.1) is 0 Å². The number of fused-ring (bicyclic) bond motifs is 4. The van der Waals surface area contributed by atoms with E-state index in [1.54, 1.807) is 0 Å². The van der Waals surface area contributed by atoms with Gasteiger partial charge in [-0.05, 0) is 54.3 Å². The molecule has 2 aliphatic heterocycles. The zero-order chi connectivity index (χ0) is 28.3. The molecule has 0 fully saturated rings. The van der Waals surface area contributed by atoms with Crippen LogP contribution in [-0.2, 0) is 6.42 Å². The van der Waals surface area contributed by atoms with Crippen LogP contribution in [0.1, 0.15) is 122 Å². The fourth-order valence-corrected chi connectivity index (χ4v) is 6.66. The maximum absolute atomic E-state index is 6.53. The molecule has 1 atom stereocenters. The molecule has 0 bridgehead atoms. The predicted molar refractivity (Wildman–Crippen MR) is 174 cm³/mol. The normalized spacial score (nSPS) is 13.6. The van der Waals surface area contributed by atoms with E-state index in [-0.39, 0.29) is 0 Å². The van der Waals surface area contributed by atoms with Gasteiger partial charge in [0.05, 0.1) is 11.4 Å². The lowest BCUT2D eigenvalue weighted by atomic mass is 9.88. The highest BCUT2D eigenvalue weighted by molar-refractivity contribution is 5.93. The van der Waals surface area contributed by atoms with Crippen LogP contribution in [0, 0.1) is 5.92 Å². The standard InChI is InChI=1S/C38H51NO2/c1-3-5-7-9-11-12-14-16-22-30(21-15-13-10-8-6-4-2)27-31-28-36-38-37(29-31)41-35-26-20-18-24-33(35)39(38)32-23-17-19-25-34(32)40-36/h17-20,23-26,28-30H,3-16,21-22,27H2,1-2H3. The Morgan fingerprint density at radius 1 is 0.537 bits per heavy atom. The summed E-state index contributed by atoms with van der Waals surface area (Å²) in [6.07, 6.45) is 23.0. The van der Waals surface area contributed by atoms with Crippen molar-refractivity contribution in [3.05, 3.63) is 66.2 Å². The minimum Gasteiger partial charge on any atom is -0.453 e. The second kappa shape index (κ2) is 15.3. The van der Waals surface area contributed by atoms with E-state index in [0.29, 0.717) is 0 Å². The van der Waals surface area contributed by atoms with Gasteiger partial charge in [0.25, 0.3) is 0 Å². The van der Waals surface area contributed by atoms with E-state index < -0.39 is 0 Å². The third-order valence-electron chi connectivity index (χ3n) is 8.93. The molecular formula is C38H51NO2. The number of hydrogen-bond donors (Lipinski definition) is 0. The molecule has 41 heavy (non-hydrogen) atoms. The van der Waals surface area contributed by atoms with Crippen molar-refractivity contribution in [1.29, 1.82) is 0 Å². The van der Waals surface area contributed by atoms with E-state index in [9.17, 15) is 0 Å². The lowest BCUT2D eigenvalue weighted by Gasteiger charge is -2.38. The Hall–Kier alpha value is -2.94. The summed E-state index contributed by atoms with van der Waals surface area (Å²) in [6.45, 7) is 4.60. The Morgan fingerprint density at radius 3 is 1.46 bits per heavy atom. The molecule has 0 radical (unpaired) electrons. The van der Waals surface area contributed by atoms with E-state index in [2.05, 4.69) is 79.4 Å². The number of unbranched alkanes of at least 4 members (excludes halogenated alkanes) is 12. The number of nitrogens with zero attached hydrogens (tertiary/aromatic N) is 1. The van der Waals surface area contributed by atoms with Crippen molar-refractivity contribution in [2.75, 3.05) is 4.90 Å². The van der Waals surface area contributed by atoms with Crippen LogP contribution in [-0.4, -0.2) is 0 Å². The summed E-state index contributed by atoms with van der Waals surface area (Å²) in [5.41, 5.74) is 4.51. The molecule has 3 nitrogen and oxygen atoms in total. The zero-order valence-electron chi connectivity index (χ0n) is 25.6. The first-order chi connectivity index (χ1) is 20.3. The molecule has 0 saturated carbocycles. The molecule has 220 valence electrons. The Balaban J connectivity index is 1.29. The molecule has 3 heteroatoms. The van der Waals surface area contributed by atoms with Gasteiger partial charge in [0.2, 0.25) is 0 Å².